The number of hydrogen-bond acceptors (Lipinski definition) is 5. The molecule has 1 aliphatic rings. The monoisotopic (exact) mass is 255 g/mol. The van der Waals surface area contributed by atoms with Gasteiger partial charge in [0.25, 0.3) is 0 Å². The highest BCUT2D eigenvalue weighted by molar-refractivity contribution is 4.81. The Kier molecular flexibility index (Phi) is 7.94. The van der Waals surface area contributed by atoms with E-state index in [0.29, 0.717) is 19.7 Å². The molecule has 0 saturated carbocycles. The largest absolute Gasteiger partial charge is 0.389 e. The molecule has 1 fully saturated rings. The van der Waals surface area contributed by atoms with E-state index in [4.69, 9.17) is 10.00 Å². The van der Waals surface area contributed by atoms with Crippen molar-refractivity contribution in [3.8, 4) is 6.07 Å². The van der Waals surface area contributed by atoms with Gasteiger partial charge in [0.2, 0.25) is 0 Å². The summed E-state index contributed by atoms with van der Waals surface area (Å²) in [6.07, 6.45) is 1.78. The first-order chi connectivity index (χ1) is 8.76. The van der Waals surface area contributed by atoms with Gasteiger partial charge < -0.3 is 9.84 Å². The van der Waals surface area contributed by atoms with Crippen LogP contribution >= 0.6 is 0 Å². The van der Waals surface area contributed by atoms with Crippen LogP contribution in [0.5, 0.6) is 0 Å². The maximum atomic E-state index is 9.84. The minimum absolute atomic E-state index is 0.399. The van der Waals surface area contributed by atoms with E-state index in [1.54, 1.807) is 0 Å². The quantitative estimate of drug-likeness (QED) is 0.499. The second kappa shape index (κ2) is 9.29. The lowest BCUT2D eigenvalue weighted by atomic mass is 10.2. The molecule has 0 bridgehead atoms. The second-order valence-corrected chi connectivity index (χ2v) is 4.82. The van der Waals surface area contributed by atoms with E-state index in [1.807, 2.05) is 0 Å². The summed E-state index contributed by atoms with van der Waals surface area (Å²) in [6.45, 7) is 8.15. The van der Waals surface area contributed by atoms with Crippen LogP contribution in [0.2, 0.25) is 0 Å². The molecule has 1 saturated heterocycles. The summed E-state index contributed by atoms with van der Waals surface area (Å²) in [7, 11) is 0. The van der Waals surface area contributed by atoms with E-state index in [1.165, 1.54) is 0 Å². The minimum atomic E-state index is -0.399. The topological polar surface area (TPSA) is 59.7 Å². The van der Waals surface area contributed by atoms with Crippen LogP contribution in [0.15, 0.2) is 0 Å². The van der Waals surface area contributed by atoms with Crippen LogP contribution in [0.4, 0.5) is 0 Å². The molecule has 1 unspecified atom stereocenters. The van der Waals surface area contributed by atoms with Gasteiger partial charge >= 0.3 is 0 Å². The van der Waals surface area contributed by atoms with Gasteiger partial charge in [-0.05, 0) is 6.42 Å². The predicted molar refractivity (Wildman–Crippen MR) is 70.2 cm³/mol. The maximum absolute atomic E-state index is 9.84. The van der Waals surface area contributed by atoms with Crippen LogP contribution in [0.1, 0.15) is 19.8 Å². The van der Waals surface area contributed by atoms with Crippen molar-refractivity contribution in [2.24, 2.45) is 0 Å². The van der Waals surface area contributed by atoms with E-state index >= 15 is 0 Å². The number of rotatable bonds is 8. The van der Waals surface area contributed by atoms with Gasteiger partial charge in [0.1, 0.15) is 0 Å². The van der Waals surface area contributed by atoms with Crippen LogP contribution < -0.4 is 0 Å². The zero-order chi connectivity index (χ0) is 13.2. The molecule has 1 heterocycles. The number of hydrogen-bond donors (Lipinski definition) is 1. The van der Waals surface area contributed by atoms with E-state index in [9.17, 15) is 5.11 Å². The molecule has 0 amide bonds. The predicted octanol–water partition coefficient (Wildman–Crippen LogP) is 0.305. The van der Waals surface area contributed by atoms with Crippen molar-refractivity contribution >= 4 is 0 Å². The van der Waals surface area contributed by atoms with Crippen LogP contribution in [0.3, 0.4) is 0 Å². The molecule has 0 radical (unpaired) electrons. The molecule has 104 valence electrons. The lowest BCUT2D eigenvalue weighted by Crippen LogP contribution is -2.49. The van der Waals surface area contributed by atoms with E-state index < -0.39 is 6.10 Å². The highest BCUT2D eigenvalue weighted by atomic mass is 16.5. The number of aliphatic hydroxyl groups is 1. The smallest absolute Gasteiger partial charge is 0.0900 e. The number of unbranched alkanes of at least 4 members (excludes halogenated alkanes) is 1. The van der Waals surface area contributed by atoms with Gasteiger partial charge in [-0.2, -0.15) is 5.26 Å². The van der Waals surface area contributed by atoms with Gasteiger partial charge in [0.15, 0.2) is 0 Å². The number of piperazine rings is 1. The summed E-state index contributed by atoms with van der Waals surface area (Å²) >= 11 is 0. The highest BCUT2D eigenvalue weighted by Crippen LogP contribution is 2.02. The number of ether oxygens (including phenoxy) is 1. The van der Waals surface area contributed by atoms with Crippen molar-refractivity contribution in [3.63, 3.8) is 0 Å². The van der Waals surface area contributed by atoms with Gasteiger partial charge in [-0.25, -0.2) is 0 Å². The fourth-order valence-corrected chi connectivity index (χ4v) is 2.05. The van der Waals surface area contributed by atoms with Crippen molar-refractivity contribution in [1.82, 2.24) is 9.80 Å². The zero-order valence-electron chi connectivity index (χ0n) is 11.3. The standard InChI is InChI=1S/C13H25N3O2/c1-2-3-10-18-12-13(17)11-16-8-6-15(5-4-14)7-9-16/h13,17H,2-3,5-12H2,1H3. The Hall–Kier alpha value is -0.670. The van der Waals surface area contributed by atoms with Gasteiger partial charge in [-0.3, -0.25) is 9.80 Å². The third kappa shape index (κ3) is 6.31. The zero-order valence-corrected chi connectivity index (χ0v) is 11.3. The van der Waals surface area contributed by atoms with Crippen molar-refractivity contribution in [1.29, 1.82) is 5.26 Å². The number of β-amino-alcohol motifs (C(OH)–C–C–N with tert-alkyl or cyclic N) is 1. The highest BCUT2D eigenvalue weighted by Gasteiger charge is 2.18. The maximum Gasteiger partial charge on any atom is 0.0900 e. The van der Waals surface area contributed by atoms with Crippen LogP contribution in [0.25, 0.3) is 0 Å². The van der Waals surface area contributed by atoms with Crippen LogP contribution in [-0.4, -0.2) is 73.5 Å². The third-order valence-electron chi connectivity index (χ3n) is 3.18. The summed E-state index contributed by atoms with van der Waals surface area (Å²) in [5.41, 5.74) is 0. The van der Waals surface area contributed by atoms with Gasteiger partial charge in [0.05, 0.1) is 25.3 Å². The Morgan fingerprint density at radius 2 is 1.94 bits per heavy atom. The fourth-order valence-electron chi connectivity index (χ4n) is 2.05. The van der Waals surface area contributed by atoms with Crippen LogP contribution in [0, 0.1) is 11.3 Å². The molecular formula is C13H25N3O2. The summed E-state index contributed by atoms with van der Waals surface area (Å²) in [6, 6.07) is 2.17. The van der Waals surface area contributed by atoms with Gasteiger partial charge in [-0.1, -0.05) is 13.3 Å². The molecule has 0 spiro atoms. The van der Waals surface area contributed by atoms with Crippen molar-refractivity contribution < 1.29 is 9.84 Å². The van der Waals surface area contributed by atoms with E-state index in [2.05, 4.69) is 22.8 Å². The van der Waals surface area contributed by atoms with E-state index in [0.717, 1.165) is 45.6 Å². The molecule has 1 aliphatic heterocycles. The molecule has 0 aliphatic carbocycles. The number of aliphatic hydroxyl groups excluding tert-OH is 1. The molecular weight excluding hydrogens is 230 g/mol. The fraction of sp³-hybridized carbons (Fsp3) is 0.923. The van der Waals surface area contributed by atoms with Crippen LogP contribution in [-0.2, 0) is 4.74 Å². The molecule has 5 nitrogen and oxygen atoms in total. The first-order valence-corrected chi connectivity index (χ1v) is 6.83. The lowest BCUT2D eigenvalue weighted by molar-refractivity contribution is 0.00738. The van der Waals surface area contributed by atoms with Gasteiger partial charge in [0, 0.05) is 39.3 Å². The van der Waals surface area contributed by atoms with Crippen molar-refractivity contribution in [2.75, 3.05) is 52.5 Å². The lowest BCUT2D eigenvalue weighted by Gasteiger charge is -2.34. The molecule has 1 N–H and O–H groups in total. The molecule has 0 aromatic carbocycles. The SMILES string of the molecule is CCCCOCC(O)CN1CCN(CC#N)CC1. The first kappa shape index (κ1) is 15.4. The Morgan fingerprint density at radius 3 is 2.56 bits per heavy atom. The summed E-state index contributed by atoms with van der Waals surface area (Å²) in [5, 5.41) is 18.4. The summed E-state index contributed by atoms with van der Waals surface area (Å²) in [5.74, 6) is 0. The first-order valence-electron chi connectivity index (χ1n) is 6.83. The molecule has 0 aromatic rings. The minimum Gasteiger partial charge on any atom is -0.389 e. The second-order valence-electron chi connectivity index (χ2n) is 4.82. The Morgan fingerprint density at radius 1 is 1.28 bits per heavy atom. The molecule has 5 heteroatoms. The number of nitriles is 1. The summed E-state index contributed by atoms with van der Waals surface area (Å²) < 4.78 is 5.41. The average Bonchev–Trinajstić information content (AvgIpc) is 2.37. The van der Waals surface area contributed by atoms with Crippen molar-refractivity contribution in [2.45, 2.75) is 25.9 Å². The van der Waals surface area contributed by atoms with Gasteiger partial charge in [-0.15, -0.1) is 0 Å². The molecule has 1 rings (SSSR count). The normalized spacial score (nSPS) is 19.6. The molecule has 1 atom stereocenters. The molecule has 18 heavy (non-hydrogen) atoms. The third-order valence-corrected chi connectivity index (χ3v) is 3.18. The Labute approximate surface area is 110 Å². The summed E-state index contributed by atoms with van der Waals surface area (Å²) in [4.78, 5) is 4.38. The number of nitrogens with zero attached hydrogens (tertiary/aromatic N) is 3. The average molecular weight is 255 g/mol. The van der Waals surface area contributed by atoms with Crippen molar-refractivity contribution in [3.05, 3.63) is 0 Å². The Bertz CT molecular complexity index is 247. The van der Waals surface area contributed by atoms with E-state index in [-0.39, 0.29) is 0 Å². The molecule has 0 aromatic heterocycles. The Balaban J connectivity index is 2.07.